The minimum absolute atomic E-state index is 0.340. The van der Waals surface area contributed by atoms with E-state index in [0.29, 0.717) is 17.5 Å². The third-order valence-corrected chi connectivity index (χ3v) is 2.00. The Morgan fingerprint density at radius 3 is 2.71 bits per heavy atom. The summed E-state index contributed by atoms with van der Waals surface area (Å²) in [5.41, 5.74) is 6.34. The number of hydrogen-bond acceptors (Lipinski definition) is 3. The number of aromatic nitrogens is 1. The monoisotopic (exact) mass is 214 g/mol. The normalized spacial score (nSPS) is 11.5. The zero-order valence-corrected chi connectivity index (χ0v) is 9.43. The highest BCUT2D eigenvalue weighted by molar-refractivity contribution is 6.30. The molecule has 1 heterocycles. The zero-order valence-electron chi connectivity index (χ0n) is 8.67. The molecule has 0 spiro atoms. The second-order valence-corrected chi connectivity index (χ2v) is 4.41. The standard InChI is InChI=1S/C10H15ClN2O/c1-7-4-8(5-13-9(7)11)14-6-10(2,3)12/h4-5H,6,12H2,1-3H3. The van der Waals surface area contributed by atoms with Crippen molar-refractivity contribution in [3.63, 3.8) is 0 Å². The second-order valence-electron chi connectivity index (χ2n) is 4.06. The number of pyridine rings is 1. The summed E-state index contributed by atoms with van der Waals surface area (Å²) in [5.74, 6) is 0.699. The van der Waals surface area contributed by atoms with Crippen LogP contribution in [0.15, 0.2) is 12.3 Å². The molecule has 0 aliphatic rings. The molecule has 0 aliphatic carbocycles. The Balaban J connectivity index is 2.65. The van der Waals surface area contributed by atoms with E-state index < -0.39 is 0 Å². The molecule has 0 amide bonds. The molecule has 1 aromatic rings. The molecule has 0 fully saturated rings. The summed E-state index contributed by atoms with van der Waals surface area (Å²) in [6, 6.07) is 1.85. The molecule has 1 aromatic heterocycles. The molecule has 0 aromatic carbocycles. The van der Waals surface area contributed by atoms with Gasteiger partial charge in [0.15, 0.2) is 0 Å². The lowest BCUT2D eigenvalue weighted by Gasteiger charge is -2.18. The summed E-state index contributed by atoms with van der Waals surface area (Å²) in [7, 11) is 0. The molecule has 0 bridgehead atoms. The first-order valence-corrected chi connectivity index (χ1v) is 4.80. The lowest BCUT2D eigenvalue weighted by molar-refractivity contribution is 0.242. The van der Waals surface area contributed by atoms with E-state index in [1.54, 1.807) is 6.20 Å². The zero-order chi connectivity index (χ0) is 10.8. The quantitative estimate of drug-likeness (QED) is 0.785. The van der Waals surface area contributed by atoms with Crippen molar-refractivity contribution >= 4 is 11.6 Å². The van der Waals surface area contributed by atoms with Crippen LogP contribution in [0.3, 0.4) is 0 Å². The van der Waals surface area contributed by atoms with Gasteiger partial charge in [0, 0.05) is 5.54 Å². The van der Waals surface area contributed by atoms with Gasteiger partial charge in [0.1, 0.15) is 17.5 Å². The Morgan fingerprint density at radius 2 is 2.21 bits per heavy atom. The van der Waals surface area contributed by atoms with E-state index >= 15 is 0 Å². The van der Waals surface area contributed by atoms with E-state index in [1.807, 2.05) is 26.8 Å². The van der Waals surface area contributed by atoms with Gasteiger partial charge in [0.25, 0.3) is 0 Å². The van der Waals surface area contributed by atoms with Crippen molar-refractivity contribution in [2.45, 2.75) is 26.3 Å². The fourth-order valence-corrected chi connectivity index (χ4v) is 0.984. The number of halogens is 1. The predicted molar refractivity (Wildman–Crippen MR) is 57.7 cm³/mol. The van der Waals surface area contributed by atoms with Crippen molar-refractivity contribution in [1.29, 1.82) is 0 Å². The molecule has 4 heteroatoms. The van der Waals surface area contributed by atoms with E-state index in [1.165, 1.54) is 0 Å². The van der Waals surface area contributed by atoms with Gasteiger partial charge in [-0.3, -0.25) is 0 Å². The predicted octanol–water partition coefficient (Wildman–Crippen LogP) is 2.16. The minimum atomic E-state index is -0.340. The minimum Gasteiger partial charge on any atom is -0.490 e. The first-order valence-electron chi connectivity index (χ1n) is 4.42. The van der Waals surface area contributed by atoms with Crippen LogP contribution in [-0.4, -0.2) is 17.1 Å². The maximum atomic E-state index is 5.78. The van der Waals surface area contributed by atoms with Gasteiger partial charge in [-0.05, 0) is 32.4 Å². The van der Waals surface area contributed by atoms with Crippen LogP contribution in [0.4, 0.5) is 0 Å². The summed E-state index contributed by atoms with van der Waals surface area (Å²) in [4.78, 5) is 3.98. The van der Waals surface area contributed by atoms with Crippen LogP contribution in [0.5, 0.6) is 5.75 Å². The van der Waals surface area contributed by atoms with Crippen LogP contribution in [0.25, 0.3) is 0 Å². The van der Waals surface area contributed by atoms with E-state index in [0.717, 1.165) is 5.56 Å². The van der Waals surface area contributed by atoms with Crippen LogP contribution in [0.2, 0.25) is 5.15 Å². The molecule has 0 saturated carbocycles. The Labute approximate surface area is 89.2 Å². The average Bonchev–Trinajstić information content (AvgIpc) is 2.06. The first-order chi connectivity index (χ1) is 6.38. The molecule has 2 N–H and O–H groups in total. The summed E-state index contributed by atoms with van der Waals surface area (Å²) in [6.07, 6.45) is 1.60. The Hall–Kier alpha value is -0.800. The fraction of sp³-hybridized carbons (Fsp3) is 0.500. The molecule has 0 radical (unpaired) electrons. The average molecular weight is 215 g/mol. The van der Waals surface area contributed by atoms with Gasteiger partial charge in [-0.15, -0.1) is 0 Å². The number of nitrogens with zero attached hydrogens (tertiary/aromatic N) is 1. The Bertz CT molecular complexity index is 320. The molecule has 14 heavy (non-hydrogen) atoms. The van der Waals surface area contributed by atoms with Crippen LogP contribution in [0.1, 0.15) is 19.4 Å². The third kappa shape index (κ3) is 3.52. The molecule has 78 valence electrons. The molecule has 3 nitrogen and oxygen atoms in total. The van der Waals surface area contributed by atoms with E-state index in [2.05, 4.69) is 4.98 Å². The van der Waals surface area contributed by atoms with Crippen molar-refractivity contribution in [3.8, 4) is 5.75 Å². The second kappa shape index (κ2) is 4.15. The Kier molecular flexibility index (Phi) is 3.34. The van der Waals surface area contributed by atoms with Crippen LogP contribution in [-0.2, 0) is 0 Å². The summed E-state index contributed by atoms with van der Waals surface area (Å²) in [5, 5.41) is 0.504. The van der Waals surface area contributed by atoms with E-state index in [-0.39, 0.29) is 5.54 Å². The maximum Gasteiger partial charge on any atom is 0.138 e. The van der Waals surface area contributed by atoms with Crippen molar-refractivity contribution in [1.82, 2.24) is 4.98 Å². The van der Waals surface area contributed by atoms with E-state index in [4.69, 9.17) is 22.1 Å². The van der Waals surface area contributed by atoms with Crippen LogP contribution >= 0.6 is 11.6 Å². The maximum absolute atomic E-state index is 5.78. The van der Waals surface area contributed by atoms with Gasteiger partial charge >= 0.3 is 0 Å². The van der Waals surface area contributed by atoms with Gasteiger partial charge in [-0.2, -0.15) is 0 Å². The molecule has 0 unspecified atom stereocenters. The van der Waals surface area contributed by atoms with Gasteiger partial charge in [-0.25, -0.2) is 4.98 Å². The molecule has 1 rings (SSSR count). The van der Waals surface area contributed by atoms with Gasteiger partial charge in [-0.1, -0.05) is 11.6 Å². The number of rotatable bonds is 3. The largest absolute Gasteiger partial charge is 0.490 e. The van der Waals surface area contributed by atoms with E-state index in [9.17, 15) is 0 Å². The van der Waals surface area contributed by atoms with Gasteiger partial charge < -0.3 is 10.5 Å². The highest BCUT2D eigenvalue weighted by Crippen LogP contribution is 2.18. The van der Waals surface area contributed by atoms with Crippen LogP contribution < -0.4 is 10.5 Å². The smallest absolute Gasteiger partial charge is 0.138 e. The van der Waals surface area contributed by atoms with Crippen molar-refractivity contribution < 1.29 is 4.74 Å². The number of hydrogen-bond donors (Lipinski definition) is 1. The number of aryl methyl sites for hydroxylation is 1. The molecular weight excluding hydrogens is 200 g/mol. The highest BCUT2D eigenvalue weighted by Gasteiger charge is 2.11. The SMILES string of the molecule is Cc1cc(OCC(C)(C)N)cnc1Cl. The van der Waals surface area contributed by atoms with Gasteiger partial charge in [0.2, 0.25) is 0 Å². The number of ether oxygens (including phenoxy) is 1. The summed E-state index contributed by atoms with van der Waals surface area (Å²) < 4.78 is 5.46. The molecule has 0 saturated heterocycles. The van der Waals surface area contributed by atoms with Crippen molar-refractivity contribution in [3.05, 3.63) is 23.0 Å². The molecular formula is C10H15ClN2O. The summed E-state index contributed by atoms with van der Waals surface area (Å²) >= 11 is 5.78. The summed E-state index contributed by atoms with van der Waals surface area (Å²) in [6.45, 7) is 6.15. The first kappa shape index (κ1) is 11.3. The number of nitrogens with two attached hydrogens (primary N) is 1. The van der Waals surface area contributed by atoms with Crippen molar-refractivity contribution in [2.24, 2.45) is 5.73 Å². The molecule has 0 atom stereocenters. The lowest BCUT2D eigenvalue weighted by atomic mass is 10.1. The lowest BCUT2D eigenvalue weighted by Crippen LogP contribution is -2.38. The van der Waals surface area contributed by atoms with Crippen LogP contribution in [0, 0.1) is 6.92 Å². The van der Waals surface area contributed by atoms with Gasteiger partial charge in [0.05, 0.1) is 6.20 Å². The highest BCUT2D eigenvalue weighted by atomic mass is 35.5. The topological polar surface area (TPSA) is 48.1 Å². The molecule has 0 aliphatic heterocycles. The van der Waals surface area contributed by atoms with Crippen molar-refractivity contribution in [2.75, 3.05) is 6.61 Å². The fourth-order valence-electron chi connectivity index (χ4n) is 0.881. The Morgan fingerprint density at radius 1 is 1.57 bits per heavy atom. The third-order valence-electron chi connectivity index (χ3n) is 1.60.